The molecule has 1 amide bonds. The summed E-state index contributed by atoms with van der Waals surface area (Å²) in [7, 11) is 1.29. The number of nitrogens with zero attached hydrogens (tertiary/aromatic N) is 1. The number of carbonyl (C=O) groups excluding carboxylic acids is 2. The molecule has 0 spiro atoms. The van der Waals surface area contributed by atoms with Crippen LogP contribution in [0.3, 0.4) is 0 Å². The number of hydrogen-bond acceptors (Lipinski definition) is 6. The number of ether oxygens (including phenoxy) is 2. The highest BCUT2D eigenvalue weighted by Gasteiger charge is 2.38. The van der Waals surface area contributed by atoms with E-state index in [0.717, 1.165) is 16.9 Å². The Hall–Kier alpha value is -2.64. The fourth-order valence-electron chi connectivity index (χ4n) is 2.64. The van der Waals surface area contributed by atoms with Crippen molar-refractivity contribution in [2.45, 2.75) is 19.6 Å². The standard InChI is InChI=1S/C21H19NO4S2/c1-14(20(24)25-2)22-19(23)18(28-21(22)27)12-15-8-10-17(11-9-15)26-13-16-6-4-3-5-7-16/h3-12,14H,13H2,1-2H3. The lowest BCUT2D eigenvalue weighted by molar-refractivity contribution is -0.147. The third kappa shape index (κ3) is 4.61. The van der Waals surface area contributed by atoms with E-state index in [1.165, 1.54) is 23.8 Å². The van der Waals surface area contributed by atoms with Gasteiger partial charge in [0.05, 0.1) is 12.0 Å². The molecule has 1 heterocycles. The van der Waals surface area contributed by atoms with E-state index in [-0.39, 0.29) is 5.91 Å². The molecular weight excluding hydrogens is 394 g/mol. The van der Waals surface area contributed by atoms with E-state index < -0.39 is 12.0 Å². The molecule has 2 aromatic carbocycles. The number of thioether (sulfide) groups is 1. The molecule has 144 valence electrons. The first-order valence-electron chi connectivity index (χ1n) is 8.61. The number of esters is 1. The minimum Gasteiger partial charge on any atom is -0.489 e. The molecule has 0 N–H and O–H groups in total. The van der Waals surface area contributed by atoms with Crippen molar-refractivity contribution in [2.75, 3.05) is 7.11 Å². The topological polar surface area (TPSA) is 55.8 Å². The predicted molar refractivity (Wildman–Crippen MR) is 114 cm³/mol. The highest BCUT2D eigenvalue weighted by molar-refractivity contribution is 8.26. The molecule has 1 unspecified atom stereocenters. The van der Waals surface area contributed by atoms with Gasteiger partial charge in [0, 0.05) is 0 Å². The summed E-state index contributed by atoms with van der Waals surface area (Å²) >= 11 is 6.43. The molecule has 1 aliphatic rings. The van der Waals surface area contributed by atoms with Gasteiger partial charge in [0.25, 0.3) is 5.91 Å². The molecule has 1 fully saturated rings. The second-order valence-corrected chi connectivity index (χ2v) is 7.77. The molecular formula is C21H19NO4S2. The van der Waals surface area contributed by atoms with Crippen LogP contribution in [0.4, 0.5) is 0 Å². The Balaban J connectivity index is 1.67. The summed E-state index contributed by atoms with van der Waals surface area (Å²) in [6.07, 6.45) is 1.75. The summed E-state index contributed by atoms with van der Waals surface area (Å²) in [4.78, 5) is 26.1. The van der Waals surface area contributed by atoms with Gasteiger partial charge in [-0.1, -0.05) is 66.4 Å². The van der Waals surface area contributed by atoms with Crippen molar-refractivity contribution in [3.63, 3.8) is 0 Å². The highest BCUT2D eigenvalue weighted by Crippen LogP contribution is 2.34. The molecule has 0 saturated carbocycles. The fourth-order valence-corrected chi connectivity index (χ4v) is 4.06. The van der Waals surface area contributed by atoms with Crippen LogP contribution >= 0.6 is 24.0 Å². The number of hydrogen-bond donors (Lipinski definition) is 0. The first-order valence-corrected chi connectivity index (χ1v) is 9.83. The lowest BCUT2D eigenvalue weighted by Gasteiger charge is -2.20. The van der Waals surface area contributed by atoms with Gasteiger partial charge < -0.3 is 9.47 Å². The van der Waals surface area contributed by atoms with Crippen LogP contribution in [-0.2, 0) is 20.9 Å². The van der Waals surface area contributed by atoms with Crippen molar-refractivity contribution in [1.29, 1.82) is 0 Å². The zero-order valence-electron chi connectivity index (χ0n) is 15.5. The summed E-state index contributed by atoms with van der Waals surface area (Å²) in [6, 6.07) is 16.6. The van der Waals surface area contributed by atoms with Crippen molar-refractivity contribution in [3.8, 4) is 5.75 Å². The smallest absolute Gasteiger partial charge is 0.328 e. The molecule has 0 radical (unpaired) electrons. The number of rotatable bonds is 6. The van der Waals surface area contributed by atoms with Gasteiger partial charge in [-0.25, -0.2) is 4.79 Å². The molecule has 28 heavy (non-hydrogen) atoms. The minimum absolute atomic E-state index is 0.294. The molecule has 5 nitrogen and oxygen atoms in total. The molecule has 0 aliphatic carbocycles. The average Bonchev–Trinajstić information content (AvgIpc) is 3.00. The largest absolute Gasteiger partial charge is 0.489 e. The summed E-state index contributed by atoms with van der Waals surface area (Å²) in [5.41, 5.74) is 1.94. The van der Waals surface area contributed by atoms with Gasteiger partial charge in [-0.2, -0.15) is 0 Å². The molecule has 0 bridgehead atoms. The number of thiocarbonyl (C=S) groups is 1. The normalized spacial score (nSPS) is 16.4. The van der Waals surface area contributed by atoms with E-state index in [2.05, 4.69) is 0 Å². The average molecular weight is 414 g/mol. The SMILES string of the molecule is COC(=O)C(C)N1C(=O)C(=Cc2ccc(OCc3ccccc3)cc2)SC1=S. The zero-order chi connectivity index (χ0) is 20.1. The van der Waals surface area contributed by atoms with Crippen LogP contribution < -0.4 is 4.74 Å². The molecule has 7 heteroatoms. The first-order chi connectivity index (χ1) is 13.5. The van der Waals surface area contributed by atoms with E-state index in [1.54, 1.807) is 13.0 Å². The summed E-state index contributed by atoms with van der Waals surface area (Å²) in [5.74, 6) is -0.0531. The summed E-state index contributed by atoms with van der Waals surface area (Å²) in [6.45, 7) is 2.09. The van der Waals surface area contributed by atoms with Gasteiger partial charge in [-0.05, 0) is 36.3 Å². The van der Waals surface area contributed by atoms with Crippen LogP contribution in [-0.4, -0.2) is 34.2 Å². The lowest BCUT2D eigenvalue weighted by Crippen LogP contribution is -2.42. The monoisotopic (exact) mass is 413 g/mol. The van der Waals surface area contributed by atoms with Crippen LogP contribution in [0.1, 0.15) is 18.1 Å². The van der Waals surface area contributed by atoms with E-state index in [9.17, 15) is 9.59 Å². The Bertz CT molecular complexity index is 910. The Morgan fingerprint density at radius 1 is 1.18 bits per heavy atom. The Kier molecular flexibility index (Phi) is 6.49. The molecule has 1 aliphatic heterocycles. The Morgan fingerprint density at radius 3 is 2.50 bits per heavy atom. The van der Waals surface area contributed by atoms with Crippen molar-refractivity contribution < 1.29 is 19.1 Å². The van der Waals surface area contributed by atoms with Gasteiger partial charge in [0.2, 0.25) is 0 Å². The van der Waals surface area contributed by atoms with E-state index in [0.29, 0.717) is 15.8 Å². The minimum atomic E-state index is -0.753. The fraction of sp³-hybridized carbons (Fsp3) is 0.190. The van der Waals surface area contributed by atoms with Crippen LogP contribution in [0.2, 0.25) is 0 Å². The second kappa shape index (κ2) is 9.03. The van der Waals surface area contributed by atoms with Crippen molar-refractivity contribution in [3.05, 3.63) is 70.6 Å². The van der Waals surface area contributed by atoms with Crippen molar-refractivity contribution in [2.24, 2.45) is 0 Å². The summed E-state index contributed by atoms with van der Waals surface area (Å²) < 4.78 is 10.8. The maximum atomic E-state index is 12.6. The van der Waals surface area contributed by atoms with Gasteiger partial charge >= 0.3 is 5.97 Å². The molecule has 1 atom stereocenters. The maximum Gasteiger partial charge on any atom is 0.328 e. The second-order valence-electron chi connectivity index (χ2n) is 6.09. The first kappa shape index (κ1) is 20.1. The number of amides is 1. The van der Waals surface area contributed by atoms with Gasteiger partial charge in [0.1, 0.15) is 22.7 Å². The predicted octanol–water partition coefficient (Wildman–Crippen LogP) is 4.03. The van der Waals surface area contributed by atoms with E-state index >= 15 is 0 Å². The maximum absolute atomic E-state index is 12.6. The molecule has 3 rings (SSSR count). The molecule has 1 saturated heterocycles. The van der Waals surface area contributed by atoms with Gasteiger partial charge in [0.15, 0.2) is 0 Å². The Morgan fingerprint density at radius 2 is 1.86 bits per heavy atom. The van der Waals surface area contributed by atoms with Crippen LogP contribution in [0.15, 0.2) is 59.5 Å². The third-order valence-corrected chi connectivity index (χ3v) is 5.51. The van der Waals surface area contributed by atoms with Crippen LogP contribution in [0.25, 0.3) is 6.08 Å². The highest BCUT2D eigenvalue weighted by atomic mass is 32.2. The zero-order valence-corrected chi connectivity index (χ0v) is 17.1. The van der Waals surface area contributed by atoms with Crippen molar-refractivity contribution >= 4 is 46.3 Å². The third-order valence-electron chi connectivity index (χ3n) is 4.18. The van der Waals surface area contributed by atoms with E-state index in [4.69, 9.17) is 21.7 Å². The number of benzene rings is 2. The van der Waals surface area contributed by atoms with Gasteiger partial charge in [-0.3, -0.25) is 9.69 Å². The Labute approximate surface area is 173 Å². The number of methoxy groups -OCH3 is 1. The molecule has 2 aromatic rings. The van der Waals surface area contributed by atoms with Crippen LogP contribution in [0.5, 0.6) is 5.75 Å². The van der Waals surface area contributed by atoms with Crippen LogP contribution in [0, 0.1) is 0 Å². The quantitative estimate of drug-likeness (QED) is 0.405. The van der Waals surface area contributed by atoms with E-state index in [1.807, 2.05) is 54.6 Å². The molecule has 0 aromatic heterocycles. The van der Waals surface area contributed by atoms with Gasteiger partial charge in [-0.15, -0.1) is 0 Å². The lowest BCUT2D eigenvalue weighted by atomic mass is 10.2. The van der Waals surface area contributed by atoms with Crippen molar-refractivity contribution in [1.82, 2.24) is 4.90 Å². The summed E-state index contributed by atoms with van der Waals surface area (Å²) in [5, 5.41) is 0. The number of carbonyl (C=O) groups is 2.